The summed E-state index contributed by atoms with van der Waals surface area (Å²) in [7, 11) is 1.61. The lowest BCUT2D eigenvalue weighted by Crippen LogP contribution is -2.32. The number of methoxy groups -OCH3 is 1. The van der Waals surface area contributed by atoms with E-state index in [0.29, 0.717) is 17.9 Å². The molecule has 0 saturated carbocycles. The van der Waals surface area contributed by atoms with E-state index in [4.69, 9.17) is 20.6 Å². The summed E-state index contributed by atoms with van der Waals surface area (Å²) in [5, 5.41) is 7.42. The van der Waals surface area contributed by atoms with Gasteiger partial charge in [0, 0.05) is 0 Å². The fourth-order valence-corrected chi connectivity index (χ4v) is 1.55. The first kappa shape index (κ1) is 13.4. The number of benzene rings is 1. The van der Waals surface area contributed by atoms with Gasteiger partial charge in [0.25, 0.3) is 0 Å². The van der Waals surface area contributed by atoms with Gasteiger partial charge in [0.05, 0.1) is 7.11 Å². The zero-order chi connectivity index (χ0) is 12.8. The van der Waals surface area contributed by atoms with Crippen molar-refractivity contribution in [2.75, 3.05) is 7.11 Å². The Hall–Kier alpha value is -1.71. The highest BCUT2D eigenvalue weighted by atomic mass is 16.5. The van der Waals surface area contributed by atoms with Crippen LogP contribution >= 0.6 is 0 Å². The monoisotopic (exact) mass is 236 g/mol. The van der Waals surface area contributed by atoms with Crippen LogP contribution in [0.25, 0.3) is 0 Å². The summed E-state index contributed by atoms with van der Waals surface area (Å²) in [5.41, 5.74) is 6.65. The number of amidine groups is 1. The molecule has 1 atom stereocenters. The van der Waals surface area contributed by atoms with E-state index in [1.54, 1.807) is 7.11 Å². The van der Waals surface area contributed by atoms with Gasteiger partial charge >= 0.3 is 0 Å². The molecule has 0 heterocycles. The van der Waals surface area contributed by atoms with Crippen LogP contribution in [0.15, 0.2) is 18.2 Å². The number of nitrogens with one attached hydrogen (secondary N) is 1. The van der Waals surface area contributed by atoms with Gasteiger partial charge in [0.1, 0.15) is 5.84 Å². The summed E-state index contributed by atoms with van der Waals surface area (Å²) in [6.07, 6.45) is 1.21. The summed E-state index contributed by atoms with van der Waals surface area (Å²) in [6, 6.07) is 5.80. The molecule has 0 fully saturated rings. The quantitative estimate of drug-likeness (QED) is 0.588. The van der Waals surface area contributed by atoms with Crippen LogP contribution in [-0.4, -0.2) is 19.0 Å². The zero-order valence-electron chi connectivity index (χ0n) is 10.6. The molecule has 0 aromatic heterocycles. The molecule has 94 valence electrons. The van der Waals surface area contributed by atoms with Gasteiger partial charge in [-0.05, 0) is 30.5 Å². The van der Waals surface area contributed by atoms with Gasteiger partial charge in [0.2, 0.25) is 0 Å². The van der Waals surface area contributed by atoms with E-state index in [1.165, 1.54) is 5.56 Å². The summed E-state index contributed by atoms with van der Waals surface area (Å²) >= 11 is 0. The molecule has 0 amide bonds. The molecule has 4 heteroatoms. The molecule has 0 bridgehead atoms. The fourth-order valence-electron chi connectivity index (χ4n) is 1.55. The van der Waals surface area contributed by atoms with E-state index in [9.17, 15) is 0 Å². The van der Waals surface area contributed by atoms with E-state index in [1.807, 2.05) is 25.1 Å². The lowest BCUT2D eigenvalue weighted by Gasteiger charge is -2.18. The molecule has 0 saturated heterocycles. The second-order valence-corrected chi connectivity index (χ2v) is 3.81. The first-order chi connectivity index (χ1) is 8.12. The molecule has 4 nitrogen and oxygen atoms in total. The van der Waals surface area contributed by atoms with Crippen LogP contribution in [0.3, 0.4) is 0 Å². The second kappa shape index (κ2) is 6.13. The molecule has 17 heavy (non-hydrogen) atoms. The van der Waals surface area contributed by atoms with Crippen LogP contribution in [-0.2, 0) is 6.42 Å². The number of rotatable bonds is 6. The highest BCUT2D eigenvalue weighted by Crippen LogP contribution is 2.29. The maximum atomic E-state index is 7.42. The van der Waals surface area contributed by atoms with Crippen molar-refractivity contribution in [2.24, 2.45) is 5.73 Å². The first-order valence-corrected chi connectivity index (χ1v) is 5.79. The smallest absolute Gasteiger partial charge is 0.162 e. The van der Waals surface area contributed by atoms with E-state index in [-0.39, 0.29) is 5.84 Å². The minimum Gasteiger partial charge on any atom is -0.493 e. The number of aryl methyl sites for hydroxylation is 1. The highest BCUT2D eigenvalue weighted by Gasteiger charge is 2.14. The van der Waals surface area contributed by atoms with Gasteiger partial charge in [-0.3, -0.25) is 5.41 Å². The van der Waals surface area contributed by atoms with Crippen LogP contribution in [0, 0.1) is 5.41 Å². The maximum absolute atomic E-state index is 7.42. The van der Waals surface area contributed by atoms with Crippen molar-refractivity contribution in [3.05, 3.63) is 23.8 Å². The average molecular weight is 236 g/mol. The molecular weight excluding hydrogens is 216 g/mol. The van der Waals surface area contributed by atoms with Crippen LogP contribution < -0.4 is 15.2 Å². The highest BCUT2D eigenvalue weighted by molar-refractivity contribution is 5.82. The standard InChI is InChI=1S/C13H20N2O2/c1-4-9-6-7-11(12(8-9)16-3)17-10(5-2)13(14)15/h6-8,10H,4-5H2,1-3H3,(H3,14,15). The molecule has 3 N–H and O–H groups in total. The molecule has 0 spiro atoms. The lowest BCUT2D eigenvalue weighted by atomic mass is 10.1. The molecule has 0 aliphatic heterocycles. The summed E-state index contributed by atoms with van der Waals surface area (Å²) in [5.74, 6) is 1.35. The molecule has 1 rings (SSSR count). The molecular formula is C13H20N2O2. The number of nitrogens with two attached hydrogens (primary N) is 1. The minimum atomic E-state index is -0.392. The van der Waals surface area contributed by atoms with E-state index >= 15 is 0 Å². The Morgan fingerprint density at radius 2 is 2.06 bits per heavy atom. The summed E-state index contributed by atoms with van der Waals surface area (Å²) in [4.78, 5) is 0. The number of hydrogen-bond donors (Lipinski definition) is 2. The Labute approximate surface area is 102 Å². The normalized spacial score (nSPS) is 11.9. The Bertz CT molecular complexity index is 391. The maximum Gasteiger partial charge on any atom is 0.162 e. The molecule has 0 radical (unpaired) electrons. The average Bonchev–Trinajstić information content (AvgIpc) is 2.35. The fraction of sp³-hybridized carbons (Fsp3) is 0.462. The van der Waals surface area contributed by atoms with Crippen molar-refractivity contribution in [1.29, 1.82) is 5.41 Å². The minimum absolute atomic E-state index is 0.0362. The lowest BCUT2D eigenvalue weighted by molar-refractivity contribution is 0.246. The van der Waals surface area contributed by atoms with Crippen LogP contribution in [0.4, 0.5) is 0 Å². The third kappa shape index (κ3) is 3.37. The Balaban J connectivity index is 2.93. The van der Waals surface area contributed by atoms with Gasteiger partial charge in [-0.2, -0.15) is 0 Å². The molecule has 1 aromatic carbocycles. The Morgan fingerprint density at radius 3 is 2.53 bits per heavy atom. The van der Waals surface area contributed by atoms with E-state index in [2.05, 4.69) is 6.92 Å². The van der Waals surface area contributed by atoms with Crippen molar-refractivity contribution in [3.8, 4) is 11.5 Å². The first-order valence-electron chi connectivity index (χ1n) is 5.79. The van der Waals surface area contributed by atoms with Crippen molar-refractivity contribution in [3.63, 3.8) is 0 Å². The Morgan fingerprint density at radius 1 is 1.35 bits per heavy atom. The topological polar surface area (TPSA) is 68.3 Å². The second-order valence-electron chi connectivity index (χ2n) is 3.81. The van der Waals surface area contributed by atoms with E-state index < -0.39 is 6.10 Å². The van der Waals surface area contributed by atoms with Crippen molar-refractivity contribution in [2.45, 2.75) is 32.8 Å². The summed E-state index contributed by atoms with van der Waals surface area (Å²) < 4.78 is 10.9. The van der Waals surface area contributed by atoms with Crippen molar-refractivity contribution >= 4 is 5.84 Å². The number of hydrogen-bond acceptors (Lipinski definition) is 3. The van der Waals surface area contributed by atoms with Crippen LogP contribution in [0.1, 0.15) is 25.8 Å². The molecule has 1 unspecified atom stereocenters. The molecule has 1 aromatic rings. The van der Waals surface area contributed by atoms with Gasteiger partial charge in [-0.25, -0.2) is 0 Å². The van der Waals surface area contributed by atoms with E-state index in [0.717, 1.165) is 6.42 Å². The Kier molecular flexibility index (Phi) is 4.82. The van der Waals surface area contributed by atoms with Crippen LogP contribution in [0.2, 0.25) is 0 Å². The van der Waals surface area contributed by atoms with Gasteiger partial charge < -0.3 is 15.2 Å². The van der Waals surface area contributed by atoms with Gasteiger partial charge in [0.15, 0.2) is 17.6 Å². The van der Waals surface area contributed by atoms with Gasteiger partial charge in [-0.15, -0.1) is 0 Å². The predicted molar refractivity (Wildman–Crippen MR) is 69.0 cm³/mol. The van der Waals surface area contributed by atoms with Gasteiger partial charge in [-0.1, -0.05) is 19.9 Å². The van der Waals surface area contributed by atoms with Crippen molar-refractivity contribution < 1.29 is 9.47 Å². The largest absolute Gasteiger partial charge is 0.493 e. The summed E-state index contributed by atoms with van der Waals surface area (Å²) in [6.45, 7) is 4.01. The molecule has 0 aliphatic rings. The third-order valence-corrected chi connectivity index (χ3v) is 2.62. The zero-order valence-corrected chi connectivity index (χ0v) is 10.6. The third-order valence-electron chi connectivity index (χ3n) is 2.62. The van der Waals surface area contributed by atoms with Crippen molar-refractivity contribution in [1.82, 2.24) is 0 Å². The predicted octanol–water partition coefficient (Wildman–Crippen LogP) is 2.35. The SMILES string of the molecule is CCc1ccc(OC(CC)C(=N)N)c(OC)c1. The molecule has 0 aliphatic carbocycles. The number of ether oxygens (including phenoxy) is 2. The van der Waals surface area contributed by atoms with Crippen LogP contribution in [0.5, 0.6) is 11.5 Å².